The maximum absolute atomic E-state index is 12.4. The summed E-state index contributed by atoms with van der Waals surface area (Å²) in [6.07, 6.45) is -3.03. The van der Waals surface area contributed by atoms with Gasteiger partial charge >= 0.3 is 12.1 Å². The number of carbonyl (C=O) groups excluding carboxylic acids is 2. The van der Waals surface area contributed by atoms with E-state index in [0.29, 0.717) is 5.76 Å². The van der Waals surface area contributed by atoms with E-state index in [-0.39, 0.29) is 12.1 Å². The van der Waals surface area contributed by atoms with Crippen molar-refractivity contribution in [1.82, 2.24) is 5.32 Å². The number of alkyl halides is 3. The predicted molar refractivity (Wildman–Crippen MR) is 72.3 cm³/mol. The van der Waals surface area contributed by atoms with Crippen LogP contribution in [0.15, 0.2) is 47.1 Å². The Morgan fingerprint density at radius 2 is 1.83 bits per heavy atom. The van der Waals surface area contributed by atoms with E-state index in [2.05, 4.69) is 5.32 Å². The van der Waals surface area contributed by atoms with Crippen LogP contribution in [0.1, 0.15) is 21.7 Å². The first-order valence-corrected chi connectivity index (χ1v) is 6.50. The Hall–Kier alpha value is -2.77. The molecule has 1 N–H and O–H groups in total. The smallest absolute Gasteiger partial charge is 0.416 e. The van der Waals surface area contributed by atoms with E-state index >= 15 is 0 Å². The summed E-state index contributed by atoms with van der Waals surface area (Å²) in [5.74, 6) is -0.902. The van der Waals surface area contributed by atoms with Crippen molar-refractivity contribution in [2.75, 3.05) is 6.61 Å². The van der Waals surface area contributed by atoms with Crippen LogP contribution in [0.4, 0.5) is 13.2 Å². The van der Waals surface area contributed by atoms with E-state index in [9.17, 15) is 22.8 Å². The van der Waals surface area contributed by atoms with Crippen molar-refractivity contribution in [2.24, 2.45) is 0 Å². The van der Waals surface area contributed by atoms with Crippen LogP contribution in [0.2, 0.25) is 0 Å². The Bertz CT molecular complexity index is 663. The van der Waals surface area contributed by atoms with E-state index in [1.807, 2.05) is 0 Å². The van der Waals surface area contributed by atoms with Gasteiger partial charge in [0.1, 0.15) is 5.76 Å². The lowest BCUT2D eigenvalue weighted by atomic mass is 10.1. The predicted octanol–water partition coefficient (Wildman–Crippen LogP) is 2.77. The zero-order valence-electron chi connectivity index (χ0n) is 11.7. The fraction of sp³-hybridized carbons (Fsp3) is 0.200. The molecule has 1 heterocycles. The quantitative estimate of drug-likeness (QED) is 0.858. The number of halogens is 3. The van der Waals surface area contributed by atoms with Crippen molar-refractivity contribution >= 4 is 11.9 Å². The Morgan fingerprint density at radius 1 is 1.13 bits per heavy atom. The highest BCUT2D eigenvalue weighted by Crippen LogP contribution is 2.29. The van der Waals surface area contributed by atoms with Gasteiger partial charge < -0.3 is 14.5 Å². The molecule has 0 bridgehead atoms. The lowest BCUT2D eigenvalue weighted by Gasteiger charge is -2.08. The summed E-state index contributed by atoms with van der Waals surface area (Å²) >= 11 is 0. The van der Waals surface area contributed by atoms with Crippen molar-refractivity contribution in [3.8, 4) is 0 Å². The molecule has 0 spiro atoms. The van der Waals surface area contributed by atoms with Crippen LogP contribution in [0.5, 0.6) is 0 Å². The first kappa shape index (κ1) is 16.6. The zero-order valence-corrected chi connectivity index (χ0v) is 11.7. The van der Waals surface area contributed by atoms with Crippen LogP contribution >= 0.6 is 0 Å². The van der Waals surface area contributed by atoms with Crippen LogP contribution < -0.4 is 5.32 Å². The third-order valence-corrected chi connectivity index (χ3v) is 2.82. The average molecular weight is 327 g/mol. The summed E-state index contributed by atoms with van der Waals surface area (Å²) in [6.45, 7) is -0.399. The monoisotopic (exact) mass is 327 g/mol. The van der Waals surface area contributed by atoms with E-state index in [1.54, 1.807) is 12.1 Å². The second-order valence-electron chi connectivity index (χ2n) is 4.51. The van der Waals surface area contributed by atoms with Gasteiger partial charge in [0.25, 0.3) is 5.91 Å². The number of hydrogen-bond donors (Lipinski definition) is 1. The molecular weight excluding hydrogens is 315 g/mol. The Labute approximate surface area is 129 Å². The van der Waals surface area contributed by atoms with Gasteiger partial charge in [-0.15, -0.1) is 0 Å². The summed E-state index contributed by atoms with van der Waals surface area (Å²) in [4.78, 5) is 23.1. The summed E-state index contributed by atoms with van der Waals surface area (Å²) in [5.41, 5.74) is -0.943. The Kier molecular flexibility index (Phi) is 5.05. The molecule has 2 rings (SSSR count). The Balaban J connectivity index is 1.81. The second-order valence-corrected chi connectivity index (χ2v) is 4.51. The molecule has 0 saturated carbocycles. The third kappa shape index (κ3) is 4.87. The number of amides is 1. The molecule has 0 aliphatic rings. The molecule has 8 heteroatoms. The van der Waals surface area contributed by atoms with Crippen molar-refractivity contribution in [3.63, 3.8) is 0 Å². The zero-order chi connectivity index (χ0) is 16.9. The number of nitrogens with one attached hydrogen (secondary N) is 1. The topological polar surface area (TPSA) is 68.5 Å². The molecule has 23 heavy (non-hydrogen) atoms. The van der Waals surface area contributed by atoms with E-state index in [4.69, 9.17) is 9.15 Å². The SMILES string of the molecule is O=C(COC(=O)c1ccc(C(F)(F)F)cc1)NCc1ccco1. The summed E-state index contributed by atoms with van der Waals surface area (Å²) < 4.78 is 46.9. The molecule has 0 aliphatic carbocycles. The van der Waals surface area contributed by atoms with Crippen LogP contribution in [-0.2, 0) is 22.3 Å². The normalized spacial score (nSPS) is 11.1. The second kappa shape index (κ2) is 6.99. The largest absolute Gasteiger partial charge is 0.467 e. The van der Waals surface area contributed by atoms with Gasteiger partial charge in [-0.05, 0) is 36.4 Å². The van der Waals surface area contributed by atoms with Crippen LogP contribution in [0.3, 0.4) is 0 Å². The van der Waals surface area contributed by atoms with Gasteiger partial charge in [-0.3, -0.25) is 4.79 Å². The maximum Gasteiger partial charge on any atom is 0.416 e. The molecule has 122 valence electrons. The standard InChI is InChI=1S/C15H12F3NO4/c16-15(17,18)11-5-3-10(4-6-11)14(21)23-9-13(20)19-8-12-2-1-7-22-12/h1-7H,8-9H2,(H,19,20). The molecule has 2 aromatic rings. The molecule has 5 nitrogen and oxygen atoms in total. The van der Waals surface area contributed by atoms with Crippen molar-refractivity contribution < 1.29 is 31.9 Å². The minimum atomic E-state index is -4.48. The molecule has 1 aromatic heterocycles. The van der Waals surface area contributed by atoms with E-state index < -0.39 is 30.2 Å². The molecule has 0 radical (unpaired) electrons. The van der Waals surface area contributed by atoms with Crippen LogP contribution in [0.25, 0.3) is 0 Å². The molecule has 1 amide bonds. The lowest BCUT2D eigenvalue weighted by molar-refractivity contribution is -0.137. The molecular formula is C15H12F3NO4. The number of carbonyl (C=O) groups is 2. The van der Waals surface area contributed by atoms with Gasteiger partial charge in [0.05, 0.1) is 23.9 Å². The highest BCUT2D eigenvalue weighted by Gasteiger charge is 2.30. The maximum atomic E-state index is 12.4. The van der Waals surface area contributed by atoms with Crippen molar-refractivity contribution in [2.45, 2.75) is 12.7 Å². The summed E-state index contributed by atoms with van der Waals surface area (Å²) in [7, 11) is 0. The summed E-state index contributed by atoms with van der Waals surface area (Å²) in [5, 5.41) is 2.46. The number of furan rings is 1. The first-order valence-electron chi connectivity index (χ1n) is 6.50. The van der Waals surface area contributed by atoms with Gasteiger partial charge in [0, 0.05) is 0 Å². The number of benzene rings is 1. The van der Waals surface area contributed by atoms with Crippen molar-refractivity contribution in [3.05, 3.63) is 59.5 Å². The van der Waals surface area contributed by atoms with Gasteiger partial charge in [-0.2, -0.15) is 13.2 Å². The summed E-state index contributed by atoms with van der Waals surface area (Å²) in [6, 6.07) is 6.85. The Morgan fingerprint density at radius 3 is 2.39 bits per heavy atom. The van der Waals surface area contributed by atoms with Gasteiger partial charge in [0.2, 0.25) is 0 Å². The molecule has 0 atom stereocenters. The van der Waals surface area contributed by atoms with Gasteiger partial charge in [-0.1, -0.05) is 0 Å². The minimum Gasteiger partial charge on any atom is -0.467 e. The van der Waals surface area contributed by atoms with E-state index in [1.165, 1.54) is 6.26 Å². The first-order chi connectivity index (χ1) is 10.9. The molecule has 1 aromatic carbocycles. The van der Waals surface area contributed by atoms with Crippen LogP contribution in [-0.4, -0.2) is 18.5 Å². The highest BCUT2D eigenvalue weighted by molar-refractivity contribution is 5.91. The molecule has 0 saturated heterocycles. The third-order valence-electron chi connectivity index (χ3n) is 2.82. The number of hydrogen-bond acceptors (Lipinski definition) is 4. The fourth-order valence-corrected chi connectivity index (χ4v) is 1.66. The molecule has 0 unspecified atom stereocenters. The molecule has 0 aliphatic heterocycles. The number of ether oxygens (including phenoxy) is 1. The highest BCUT2D eigenvalue weighted by atomic mass is 19.4. The average Bonchev–Trinajstić information content (AvgIpc) is 3.03. The fourth-order valence-electron chi connectivity index (χ4n) is 1.66. The molecule has 0 fully saturated rings. The number of rotatable bonds is 5. The van der Waals surface area contributed by atoms with Crippen LogP contribution in [0, 0.1) is 0 Å². The lowest BCUT2D eigenvalue weighted by Crippen LogP contribution is -2.28. The van der Waals surface area contributed by atoms with Gasteiger partial charge in [0.15, 0.2) is 6.61 Å². The minimum absolute atomic E-state index is 0.0724. The van der Waals surface area contributed by atoms with Crippen molar-refractivity contribution in [1.29, 1.82) is 0 Å². The van der Waals surface area contributed by atoms with E-state index in [0.717, 1.165) is 24.3 Å². The number of esters is 1. The van der Waals surface area contributed by atoms with Gasteiger partial charge in [-0.25, -0.2) is 4.79 Å².